The van der Waals surface area contributed by atoms with E-state index in [-0.39, 0.29) is 0 Å². The van der Waals surface area contributed by atoms with Gasteiger partial charge in [-0.25, -0.2) is 4.98 Å². The van der Waals surface area contributed by atoms with Gasteiger partial charge in [-0.3, -0.25) is 0 Å². The van der Waals surface area contributed by atoms with Crippen molar-refractivity contribution in [3.63, 3.8) is 0 Å². The summed E-state index contributed by atoms with van der Waals surface area (Å²) in [5.74, 6) is 0. The molecule has 2 nitrogen and oxygen atoms in total. The highest BCUT2D eigenvalue weighted by molar-refractivity contribution is 5.59. The minimum absolute atomic E-state index is 1.22. The van der Waals surface area contributed by atoms with Crippen molar-refractivity contribution >= 4 is 5.52 Å². The third kappa shape index (κ3) is 0.981. The highest BCUT2D eigenvalue weighted by Gasteiger charge is 2.07. The molecular weight excluding hydrogens is 160 g/mol. The van der Waals surface area contributed by atoms with Crippen LogP contribution in [-0.4, -0.2) is 9.38 Å². The second kappa shape index (κ2) is 2.59. The van der Waals surface area contributed by atoms with Gasteiger partial charge < -0.3 is 4.40 Å². The van der Waals surface area contributed by atoms with Crippen LogP contribution in [0.1, 0.15) is 22.4 Å². The fourth-order valence-electron chi connectivity index (χ4n) is 1.77. The molecule has 0 amide bonds. The summed E-state index contributed by atoms with van der Waals surface area (Å²) in [4.78, 5) is 4.17. The third-order valence-electron chi connectivity index (χ3n) is 3.05. The van der Waals surface area contributed by atoms with Crippen molar-refractivity contribution in [1.29, 1.82) is 0 Å². The lowest BCUT2D eigenvalue weighted by atomic mass is 10.0. The van der Waals surface area contributed by atoms with Gasteiger partial charge in [0.2, 0.25) is 0 Å². The van der Waals surface area contributed by atoms with E-state index in [0.29, 0.717) is 0 Å². The Morgan fingerprint density at radius 1 is 1.00 bits per heavy atom. The van der Waals surface area contributed by atoms with E-state index in [9.17, 15) is 0 Å². The van der Waals surface area contributed by atoms with E-state index in [1.807, 2.05) is 12.5 Å². The molecule has 0 bridgehead atoms. The molecule has 0 atom stereocenters. The quantitative estimate of drug-likeness (QED) is 0.600. The van der Waals surface area contributed by atoms with Crippen molar-refractivity contribution in [2.75, 3.05) is 0 Å². The molecule has 2 heteroatoms. The number of rotatable bonds is 0. The van der Waals surface area contributed by atoms with E-state index >= 15 is 0 Å². The maximum Gasteiger partial charge on any atom is 0.0994 e. The van der Waals surface area contributed by atoms with Crippen LogP contribution in [0.3, 0.4) is 0 Å². The molecule has 68 valence electrons. The molecule has 0 spiro atoms. The van der Waals surface area contributed by atoms with E-state index in [4.69, 9.17) is 0 Å². The zero-order chi connectivity index (χ0) is 9.59. The molecule has 2 heterocycles. The maximum absolute atomic E-state index is 4.17. The Labute approximate surface area is 78.2 Å². The Bertz CT molecular complexity index is 424. The monoisotopic (exact) mass is 174 g/mol. The van der Waals surface area contributed by atoms with Crippen molar-refractivity contribution in [1.82, 2.24) is 9.38 Å². The van der Waals surface area contributed by atoms with Crippen LogP contribution >= 0.6 is 0 Å². The lowest BCUT2D eigenvalue weighted by Crippen LogP contribution is -1.99. The summed E-state index contributed by atoms with van der Waals surface area (Å²) in [6.07, 6.45) is 3.80. The van der Waals surface area contributed by atoms with Crippen LogP contribution in [-0.2, 0) is 0 Å². The number of aromatic nitrogens is 2. The molecule has 0 radical (unpaired) electrons. The number of aryl methyl sites for hydroxylation is 2. The maximum atomic E-state index is 4.17. The molecule has 0 fully saturated rings. The van der Waals surface area contributed by atoms with Crippen molar-refractivity contribution in [3.8, 4) is 0 Å². The SMILES string of the molecule is Cc1c(C)c(C)n2cncc2c1C. The average molecular weight is 174 g/mol. The molecule has 0 aliphatic rings. The van der Waals surface area contributed by atoms with Gasteiger partial charge in [-0.2, -0.15) is 0 Å². The van der Waals surface area contributed by atoms with Gasteiger partial charge in [-0.1, -0.05) is 0 Å². The number of hydrogen-bond donors (Lipinski definition) is 0. The van der Waals surface area contributed by atoms with Crippen LogP contribution in [0.5, 0.6) is 0 Å². The molecule has 2 aromatic heterocycles. The molecule has 0 aromatic carbocycles. The Kier molecular flexibility index (Phi) is 1.65. The van der Waals surface area contributed by atoms with E-state index in [1.54, 1.807) is 0 Å². The van der Waals surface area contributed by atoms with Gasteiger partial charge in [0.25, 0.3) is 0 Å². The van der Waals surface area contributed by atoms with E-state index in [0.717, 1.165) is 0 Å². The second-order valence-electron chi connectivity index (χ2n) is 3.61. The van der Waals surface area contributed by atoms with Crippen molar-refractivity contribution in [3.05, 3.63) is 34.9 Å². The number of fused-ring (bicyclic) bond motifs is 1. The van der Waals surface area contributed by atoms with Crippen LogP contribution in [0.15, 0.2) is 12.5 Å². The minimum atomic E-state index is 1.22. The third-order valence-corrected chi connectivity index (χ3v) is 3.05. The second-order valence-corrected chi connectivity index (χ2v) is 3.61. The normalized spacial score (nSPS) is 11.1. The molecule has 0 saturated carbocycles. The Morgan fingerprint density at radius 3 is 2.38 bits per heavy atom. The van der Waals surface area contributed by atoms with Gasteiger partial charge in [0, 0.05) is 5.69 Å². The van der Waals surface area contributed by atoms with Crippen LogP contribution in [0.25, 0.3) is 5.52 Å². The van der Waals surface area contributed by atoms with Gasteiger partial charge in [0.1, 0.15) is 0 Å². The molecule has 0 aliphatic carbocycles. The summed E-state index contributed by atoms with van der Waals surface area (Å²) in [5.41, 5.74) is 6.59. The number of nitrogens with zero attached hydrogens (tertiary/aromatic N) is 2. The van der Waals surface area contributed by atoms with E-state index < -0.39 is 0 Å². The van der Waals surface area contributed by atoms with Crippen LogP contribution in [0.4, 0.5) is 0 Å². The molecule has 13 heavy (non-hydrogen) atoms. The summed E-state index contributed by atoms with van der Waals surface area (Å²) < 4.78 is 2.15. The molecule has 0 unspecified atom stereocenters. The minimum Gasteiger partial charge on any atom is -0.303 e. The zero-order valence-electron chi connectivity index (χ0n) is 8.55. The van der Waals surface area contributed by atoms with Gasteiger partial charge in [-0.15, -0.1) is 0 Å². The Balaban J connectivity index is 3.02. The molecular formula is C11H14N2. The molecule has 2 rings (SSSR count). The fraction of sp³-hybridized carbons (Fsp3) is 0.364. The highest BCUT2D eigenvalue weighted by atomic mass is 15.0. The number of hydrogen-bond acceptors (Lipinski definition) is 1. The highest BCUT2D eigenvalue weighted by Crippen LogP contribution is 2.21. The Morgan fingerprint density at radius 2 is 1.69 bits per heavy atom. The van der Waals surface area contributed by atoms with E-state index in [2.05, 4.69) is 37.1 Å². The Hall–Kier alpha value is -1.31. The van der Waals surface area contributed by atoms with Crippen LogP contribution in [0, 0.1) is 27.7 Å². The number of imidazole rings is 1. The smallest absolute Gasteiger partial charge is 0.0994 e. The first-order chi connectivity index (χ1) is 6.13. The lowest BCUT2D eigenvalue weighted by Gasteiger charge is -2.11. The summed E-state index contributed by atoms with van der Waals surface area (Å²) in [6, 6.07) is 0. The van der Waals surface area contributed by atoms with E-state index in [1.165, 1.54) is 27.9 Å². The van der Waals surface area contributed by atoms with Crippen molar-refractivity contribution < 1.29 is 0 Å². The first kappa shape index (κ1) is 8.30. The predicted octanol–water partition coefficient (Wildman–Crippen LogP) is 2.57. The van der Waals surface area contributed by atoms with Gasteiger partial charge >= 0.3 is 0 Å². The van der Waals surface area contributed by atoms with Gasteiger partial charge in [-0.05, 0) is 44.4 Å². The molecule has 0 aliphatic heterocycles. The molecule has 0 N–H and O–H groups in total. The molecule has 0 saturated heterocycles. The predicted molar refractivity (Wildman–Crippen MR) is 54.1 cm³/mol. The standard InChI is InChI=1S/C11H14N2/c1-7-8(2)10(4)13-6-12-5-11(13)9(7)3/h5-6H,1-4H3. The lowest BCUT2D eigenvalue weighted by molar-refractivity contribution is 1.02. The van der Waals surface area contributed by atoms with Crippen LogP contribution < -0.4 is 0 Å². The first-order valence-corrected chi connectivity index (χ1v) is 4.51. The summed E-state index contributed by atoms with van der Waals surface area (Å²) in [6.45, 7) is 8.62. The summed E-state index contributed by atoms with van der Waals surface area (Å²) in [5, 5.41) is 0. The average Bonchev–Trinajstić information content (AvgIpc) is 2.59. The topological polar surface area (TPSA) is 17.3 Å². The van der Waals surface area contributed by atoms with Gasteiger partial charge in [0.05, 0.1) is 18.0 Å². The molecule has 2 aromatic rings. The zero-order valence-corrected chi connectivity index (χ0v) is 8.55. The first-order valence-electron chi connectivity index (χ1n) is 4.51. The fourth-order valence-corrected chi connectivity index (χ4v) is 1.77. The largest absolute Gasteiger partial charge is 0.303 e. The number of pyridine rings is 1. The summed E-state index contributed by atoms with van der Waals surface area (Å²) >= 11 is 0. The van der Waals surface area contributed by atoms with Crippen molar-refractivity contribution in [2.24, 2.45) is 0 Å². The summed E-state index contributed by atoms with van der Waals surface area (Å²) in [7, 11) is 0. The van der Waals surface area contributed by atoms with Crippen molar-refractivity contribution in [2.45, 2.75) is 27.7 Å². The van der Waals surface area contributed by atoms with Crippen LogP contribution in [0.2, 0.25) is 0 Å². The van der Waals surface area contributed by atoms with Gasteiger partial charge in [0.15, 0.2) is 0 Å².